The molecule has 7 nitrogen and oxygen atoms in total. The van der Waals surface area contributed by atoms with Crippen molar-refractivity contribution in [2.24, 2.45) is 4.99 Å². The van der Waals surface area contributed by atoms with Gasteiger partial charge in [-0.25, -0.2) is 8.42 Å². The van der Waals surface area contributed by atoms with Gasteiger partial charge in [0, 0.05) is 32.5 Å². The second kappa shape index (κ2) is 13.5. The Morgan fingerprint density at radius 2 is 1.89 bits per heavy atom. The van der Waals surface area contributed by atoms with E-state index in [0.29, 0.717) is 26.3 Å². The molecule has 1 atom stereocenters. The zero-order chi connectivity index (χ0) is 20.0. The number of sulfone groups is 1. The lowest BCUT2D eigenvalue weighted by Gasteiger charge is -2.13. The molecular weight excluding hydrogens is 366 g/mol. The molecule has 0 spiro atoms. The van der Waals surface area contributed by atoms with Crippen LogP contribution < -0.4 is 10.6 Å². The number of nitrogens with one attached hydrogen (secondary N) is 2. The van der Waals surface area contributed by atoms with Crippen molar-refractivity contribution < 1.29 is 17.9 Å². The summed E-state index contributed by atoms with van der Waals surface area (Å²) in [5, 5.41) is 6.34. The molecule has 1 rings (SSSR count). The number of hydrogen-bond donors (Lipinski definition) is 2. The number of guanidine groups is 1. The van der Waals surface area contributed by atoms with E-state index in [9.17, 15) is 8.42 Å². The Bertz CT molecular complexity index is 636. The van der Waals surface area contributed by atoms with Crippen LogP contribution >= 0.6 is 0 Å². The molecule has 27 heavy (non-hydrogen) atoms. The lowest BCUT2D eigenvalue weighted by Crippen LogP contribution is -2.39. The first-order chi connectivity index (χ1) is 12.9. The van der Waals surface area contributed by atoms with Gasteiger partial charge in [0.1, 0.15) is 9.84 Å². The number of benzene rings is 1. The van der Waals surface area contributed by atoms with E-state index >= 15 is 0 Å². The minimum atomic E-state index is -2.97. The van der Waals surface area contributed by atoms with Crippen molar-refractivity contribution in [1.82, 2.24) is 10.6 Å². The third-order valence-electron chi connectivity index (χ3n) is 3.69. The highest BCUT2D eigenvalue weighted by molar-refractivity contribution is 7.90. The molecule has 0 heterocycles. The first-order valence-corrected chi connectivity index (χ1v) is 11.4. The molecule has 0 amide bonds. The molecule has 1 aromatic carbocycles. The zero-order valence-electron chi connectivity index (χ0n) is 16.6. The molecular formula is C19H33N3O4S. The molecule has 0 aliphatic carbocycles. The third-order valence-corrected chi connectivity index (χ3v) is 4.60. The van der Waals surface area contributed by atoms with Gasteiger partial charge in [0.15, 0.2) is 5.96 Å². The molecule has 0 radical (unpaired) electrons. The van der Waals surface area contributed by atoms with E-state index in [-0.39, 0.29) is 18.5 Å². The Morgan fingerprint density at radius 1 is 1.15 bits per heavy atom. The number of aliphatic imine (C=N–C) groups is 1. The van der Waals surface area contributed by atoms with Crippen molar-refractivity contribution in [2.45, 2.75) is 26.4 Å². The largest absolute Gasteiger partial charge is 0.379 e. The lowest BCUT2D eigenvalue weighted by atomic mass is 10.1. The van der Waals surface area contributed by atoms with Crippen LogP contribution in [0, 0.1) is 0 Å². The van der Waals surface area contributed by atoms with E-state index < -0.39 is 9.84 Å². The fraction of sp³-hybridized carbons (Fsp3) is 0.632. The highest BCUT2D eigenvalue weighted by Gasteiger charge is 2.04. The summed E-state index contributed by atoms with van der Waals surface area (Å²) in [4.78, 5) is 4.50. The lowest BCUT2D eigenvalue weighted by molar-refractivity contribution is 0.0652. The van der Waals surface area contributed by atoms with Gasteiger partial charge < -0.3 is 20.1 Å². The van der Waals surface area contributed by atoms with E-state index in [4.69, 9.17) is 9.47 Å². The van der Waals surface area contributed by atoms with Crippen molar-refractivity contribution >= 4 is 15.8 Å². The Labute approximate surface area is 163 Å². The summed E-state index contributed by atoms with van der Waals surface area (Å²) in [5.74, 6) is 0.767. The number of ether oxygens (including phenoxy) is 2. The Kier molecular flexibility index (Phi) is 11.7. The van der Waals surface area contributed by atoms with Crippen LogP contribution in [0.5, 0.6) is 0 Å². The monoisotopic (exact) mass is 399 g/mol. The van der Waals surface area contributed by atoms with Crippen molar-refractivity contribution in [1.29, 1.82) is 0 Å². The maximum Gasteiger partial charge on any atom is 0.191 e. The fourth-order valence-corrected chi connectivity index (χ4v) is 2.65. The molecule has 0 aromatic heterocycles. The first-order valence-electron chi connectivity index (χ1n) is 9.36. The molecule has 1 unspecified atom stereocenters. The summed E-state index contributed by atoms with van der Waals surface area (Å²) < 4.78 is 33.2. The van der Waals surface area contributed by atoms with Gasteiger partial charge in [-0.3, -0.25) is 4.99 Å². The minimum Gasteiger partial charge on any atom is -0.379 e. The first kappa shape index (κ1) is 23.4. The van der Waals surface area contributed by atoms with Crippen LogP contribution in [-0.2, 0) is 19.3 Å². The smallest absolute Gasteiger partial charge is 0.191 e. The van der Waals surface area contributed by atoms with Crippen molar-refractivity contribution in [3.8, 4) is 0 Å². The Morgan fingerprint density at radius 3 is 2.56 bits per heavy atom. The van der Waals surface area contributed by atoms with Gasteiger partial charge in [-0.05, 0) is 25.8 Å². The maximum atomic E-state index is 11.0. The van der Waals surface area contributed by atoms with Crippen LogP contribution in [0.25, 0.3) is 0 Å². The molecule has 0 saturated carbocycles. The average Bonchev–Trinajstić information content (AvgIpc) is 2.63. The number of nitrogens with zero attached hydrogens (tertiary/aromatic N) is 1. The van der Waals surface area contributed by atoms with Gasteiger partial charge in [0.05, 0.1) is 25.1 Å². The van der Waals surface area contributed by atoms with Gasteiger partial charge in [-0.1, -0.05) is 30.3 Å². The SMILES string of the molecule is CCNC(=NCCCOC(C)c1ccccc1)NCCOCCS(C)(=O)=O. The quantitative estimate of drug-likeness (QED) is 0.299. The fourth-order valence-electron chi connectivity index (χ4n) is 2.23. The average molecular weight is 400 g/mol. The van der Waals surface area contributed by atoms with Gasteiger partial charge in [-0.15, -0.1) is 0 Å². The number of rotatable bonds is 13. The van der Waals surface area contributed by atoms with Gasteiger partial charge >= 0.3 is 0 Å². The standard InChI is InChI=1S/C19H33N3O4S/c1-4-20-19(22-12-14-25-15-16-27(3,23)24)21-11-8-13-26-17(2)18-9-6-5-7-10-18/h5-7,9-10,17H,4,8,11-16H2,1-3H3,(H2,20,21,22). The maximum absolute atomic E-state index is 11.0. The molecule has 0 fully saturated rings. The van der Waals surface area contributed by atoms with Crippen molar-refractivity contribution in [2.75, 3.05) is 51.5 Å². The summed E-state index contributed by atoms with van der Waals surface area (Å²) in [5.41, 5.74) is 1.17. The van der Waals surface area contributed by atoms with Crippen LogP contribution in [0.15, 0.2) is 35.3 Å². The van der Waals surface area contributed by atoms with Gasteiger partial charge in [0.2, 0.25) is 0 Å². The summed E-state index contributed by atoms with van der Waals surface area (Å²) >= 11 is 0. The molecule has 1 aromatic rings. The van der Waals surface area contributed by atoms with Crippen molar-refractivity contribution in [3.05, 3.63) is 35.9 Å². The predicted molar refractivity (Wildman–Crippen MR) is 110 cm³/mol. The summed E-state index contributed by atoms with van der Waals surface area (Å²) in [6.45, 7) is 7.33. The van der Waals surface area contributed by atoms with Crippen LogP contribution in [0.1, 0.15) is 31.9 Å². The highest BCUT2D eigenvalue weighted by atomic mass is 32.2. The van der Waals surface area contributed by atoms with Crippen molar-refractivity contribution in [3.63, 3.8) is 0 Å². The summed E-state index contributed by atoms with van der Waals surface area (Å²) in [6.07, 6.45) is 2.11. The van der Waals surface area contributed by atoms with E-state index in [1.165, 1.54) is 11.8 Å². The number of hydrogen-bond acceptors (Lipinski definition) is 5. The normalized spacial score (nSPS) is 13.4. The molecule has 154 valence electrons. The third kappa shape index (κ3) is 12.4. The van der Waals surface area contributed by atoms with Crippen LogP contribution in [0.3, 0.4) is 0 Å². The molecule has 0 saturated heterocycles. The summed E-state index contributed by atoms with van der Waals surface area (Å²) in [7, 11) is -2.97. The topological polar surface area (TPSA) is 89.0 Å². The highest BCUT2D eigenvalue weighted by Crippen LogP contribution is 2.15. The van der Waals surface area contributed by atoms with Gasteiger partial charge in [0.25, 0.3) is 0 Å². The molecule has 8 heteroatoms. The zero-order valence-corrected chi connectivity index (χ0v) is 17.4. The van der Waals surface area contributed by atoms with Crippen LogP contribution in [0.2, 0.25) is 0 Å². The molecule has 0 aliphatic rings. The van der Waals surface area contributed by atoms with Crippen LogP contribution in [-0.4, -0.2) is 65.8 Å². The summed E-state index contributed by atoms with van der Waals surface area (Å²) in [6, 6.07) is 10.1. The second-order valence-electron chi connectivity index (χ2n) is 6.21. The van der Waals surface area contributed by atoms with E-state index in [2.05, 4.69) is 27.8 Å². The predicted octanol–water partition coefficient (Wildman–Crippen LogP) is 1.77. The molecule has 0 aliphatic heterocycles. The Balaban J connectivity index is 2.19. The van der Waals surface area contributed by atoms with E-state index in [0.717, 1.165) is 18.9 Å². The second-order valence-corrected chi connectivity index (χ2v) is 8.47. The van der Waals surface area contributed by atoms with E-state index in [1.54, 1.807) is 0 Å². The van der Waals surface area contributed by atoms with Crippen LogP contribution in [0.4, 0.5) is 0 Å². The molecule has 2 N–H and O–H groups in total. The molecule has 0 bridgehead atoms. The minimum absolute atomic E-state index is 0.0442. The van der Waals surface area contributed by atoms with E-state index in [1.807, 2.05) is 32.0 Å². The van der Waals surface area contributed by atoms with Gasteiger partial charge in [-0.2, -0.15) is 0 Å². The Hall–Kier alpha value is -1.64.